The summed E-state index contributed by atoms with van der Waals surface area (Å²) < 4.78 is 1.98. The van der Waals surface area contributed by atoms with Crippen LogP contribution in [0.3, 0.4) is 0 Å². The molecule has 0 aromatic carbocycles. The van der Waals surface area contributed by atoms with Gasteiger partial charge in [0.1, 0.15) is 0 Å². The Morgan fingerprint density at radius 2 is 2.44 bits per heavy atom. The van der Waals surface area contributed by atoms with E-state index in [0.29, 0.717) is 6.04 Å². The summed E-state index contributed by atoms with van der Waals surface area (Å²) >= 11 is 1.80. The third-order valence-corrected chi connectivity index (χ3v) is 3.58. The second-order valence-corrected chi connectivity index (χ2v) is 4.95. The van der Waals surface area contributed by atoms with E-state index in [0.717, 1.165) is 13.1 Å². The fourth-order valence-electron chi connectivity index (χ4n) is 1.62. The molecule has 0 bridgehead atoms. The monoisotopic (exact) mass is 235 g/mol. The number of aromatic nitrogens is 2. The smallest absolute Gasteiger partial charge is 0.0534 e. The topological polar surface area (TPSA) is 29.9 Å². The number of nitrogens with one attached hydrogen (secondary N) is 1. The summed E-state index contributed by atoms with van der Waals surface area (Å²) in [6.45, 7) is 6.12. The van der Waals surface area contributed by atoms with E-state index in [4.69, 9.17) is 0 Å². The standard InChI is InChI=1S/C12H17N3S/c1-10-8-14-15(9-10)6-5-13-11(2)12-4-3-7-16-12/h3-4,7-9,11,13H,5-6H2,1-2H3. The van der Waals surface area contributed by atoms with Crippen molar-refractivity contribution in [3.63, 3.8) is 0 Å². The first-order valence-electron chi connectivity index (χ1n) is 5.51. The highest BCUT2D eigenvalue weighted by molar-refractivity contribution is 7.10. The largest absolute Gasteiger partial charge is 0.308 e. The number of nitrogens with zero attached hydrogens (tertiary/aromatic N) is 2. The van der Waals surface area contributed by atoms with E-state index in [1.165, 1.54) is 10.4 Å². The lowest BCUT2D eigenvalue weighted by Crippen LogP contribution is -2.22. The van der Waals surface area contributed by atoms with E-state index < -0.39 is 0 Å². The Balaban J connectivity index is 1.76. The lowest BCUT2D eigenvalue weighted by atomic mass is 10.3. The van der Waals surface area contributed by atoms with Gasteiger partial charge in [-0.25, -0.2) is 0 Å². The van der Waals surface area contributed by atoms with Gasteiger partial charge in [-0.1, -0.05) is 6.07 Å². The van der Waals surface area contributed by atoms with Gasteiger partial charge in [0, 0.05) is 23.7 Å². The van der Waals surface area contributed by atoms with Gasteiger partial charge < -0.3 is 5.32 Å². The summed E-state index contributed by atoms with van der Waals surface area (Å²) in [5.74, 6) is 0. The summed E-state index contributed by atoms with van der Waals surface area (Å²) in [7, 11) is 0. The van der Waals surface area contributed by atoms with Crippen LogP contribution in [0.2, 0.25) is 0 Å². The predicted octanol–water partition coefficient (Wildman–Crippen LogP) is 2.60. The van der Waals surface area contributed by atoms with Crippen molar-refractivity contribution in [1.82, 2.24) is 15.1 Å². The predicted molar refractivity (Wildman–Crippen MR) is 67.7 cm³/mol. The Morgan fingerprint density at radius 1 is 1.56 bits per heavy atom. The average Bonchev–Trinajstić information content (AvgIpc) is 2.89. The summed E-state index contributed by atoms with van der Waals surface area (Å²) in [5.41, 5.74) is 1.21. The van der Waals surface area contributed by atoms with Crippen molar-refractivity contribution in [3.05, 3.63) is 40.3 Å². The second-order valence-electron chi connectivity index (χ2n) is 3.97. The molecule has 0 amide bonds. The number of thiophene rings is 1. The molecule has 2 aromatic heterocycles. The van der Waals surface area contributed by atoms with Crippen LogP contribution in [0.4, 0.5) is 0 Å². The fourth-order valence-corrected chi connectivity index (χ4v) is 2.38. The van der Waals surface area contributed by atoms with E-state index >= 15 is 0 Å². The van der Waals surface area contributed by atoms with Crippen LogP contribution in [0.25, 0.3) is 0 Å². The maximum atomic E-state index is 4.25. The molecule has 0 aliphatic heterocycles. The molecule has 1 atom stereocenters. The van der Waals surface area contributed by atoms with Crippen molar-refractivity contribution >= 4 is 11.3 Å². The number of hydrogen-bond donors (Lipinski definition) is 1. The molecule has 86 valence electrons. The minimum absolute atomic E-state index is 0.427. The molecule has 0 fully saturated rings. The number of hydrogen-bond acceptors (Lipinski definition) is 3. The molecule has 0 radical (unpaired) electrons. The van der Waals surface area contributed by atoms with Gasteiger partial charge in [0.25, 0.3) is 0 Å². The molecule has 0 saturated heterocycles. The van der Waals surface area contributed by atoms with Crippen molar-refractivity contribution in [2.24, 2.45) is 0 Å². The minimum Gasteiger partial charge on any atom is -0.308 e. The summed E-state index contributed by atoms with van der Waals surface area (Å²) in [6, 6.07) is 4.69. The molecular formula is C12H17N3S. The van der Waals surface area contributed by atoms with Gasteiger partial charge in [0.15, 0.2) is 0 Å². The average molecular weight is 235 g/mol. The molecule has 0 aliphatic rings. The molecule has 0 aliphatic carbocycles. The minimum atomic E-state index is 0.427. The van der Waals surface area contributed by atoms with Crippen LogP contribution >= 0.6 is 11.3 Å². The molecule has 0 saturated carbocycles. The third-order valence-electron chi connectivity index (χ3n) is 2.52. The van der Waals surface area contributed by atoms with Gasteiger partial charge >= 0.3 is 0 Å². The maximum absolute atomic E-state index is 4.25. The van der Waals surface area contributed by atoms with E-state index in [2.05, 4.69) is 48.0 Å². The van der Waals surface area contributed by atoms with Crippen LogP contribution in [0, 0.1) is 6.92 Å². The van der Waals surface area contributed by atoms with Gasteiger partial charge in [0.2, 0.25) is 0 Å². The lowest BCUT2D eigenvalue weighted by Gasteiger charge is -2.11. The fraction of sp³-hybridized carbons (Fsp3) is 0.417. The van der Waals surface area contributed by atoms with Crippen LogP contribution < -0.4 is 5.32 Å². The molecule has 1 unspecified atom stereocenters. The Labute approximate surface area is 100 Å². The van der Waals surface area contributed by atoms with Crippen molar-refractivity contribution in [2.75, 3.05) is 6.54 Å². The zero-order chi connectivity index (χ0) is 11.4. The molecule has 3 nitrogen and oxygen atoms in total. The highest BCUT2D eigenvalue weighted by atomic mass is 32.1. The summed E-state index contributed by atoms with van der Waals surface area (Å²) in [6.07, 6.45) is 3.96. The Morgan fingerprint density at radius 3 is 3.06 bits per heavy atom. The van der Waals surface area contributed by atoms with Gasteiger partial charge in [-0.3, -0.25) is 4.68 Å². The molecule has 2 aromatic rings. The van der Waals surface area contributed by atoms with Crippen molar-refractivity contribution in [3.8, 4) is 0 Å². The number of rotatable bonds is 5. The van der Waals surface area contributed by atoms with Gasteiger partial charge in [-0.2, -0.15) is 5.10 Å². The van der Waals surface area contributed by atoms with Crippen LogP contribution in [0.15, 0.2) is 29.9 Å². The first-order chi connectivity index (χ1) is 7.75. The summed E-state index contributed by atoms with van der Waals surface area (Å²) in [5, 5.41) is 9.86. The molecule has 1 N–H and O–H groups in total. The van der Waals surface area contributed by atoms with E-state index in [-0.39, 0.29) is 0 Å². The van der Waals surface area contributed by atoms with Crippen LogP contribution in [0.1, 0.15) is 23.4 Å². The molecule has 2 heterocycles. The normalized spacial score (nSPS) is 12.9. The van der Waals surface area contributed by atoms with E-state index in [1.807, 2.05) is 10.9 Å². The highest BCUT2D eigenvalue weighted by Gasteiger charge is 2.04. The number of aryl methyl sites for hydroxylation is 1. The maximum Gasteiger partial charge on any atom is 0.0534 e. The zero-order valence-electron chi connectivity index (χ0n) is 9.68. The van der Waals surface area contributed by atoms with Crippen LogP contribution in [-0.4, -0.2) is 16.3 Å². The van der Waals surface area contributed by atoms with Crippen LogP contribution in [-0.2, 0) is 6.54 Å². The Bertz CT molecular complexity index is 419. The first kappa shape index (κ1) is 11.4. The molecule has 0 spiro atoms. The molecule has 16 heavy (non-hydrogen) atoms. The first-order valence-corrected chi connectivity index (χ1v) is 6.39. The van der Waals surface area contributed by atoms with Gasteiger partial charge in [-0.05, 0) is 30.9 Å². The molecular weight excluding hydrogens is 218 g/mol. The van der Waals surface area contributed by atoms with Crippen molar-refractivity contribution < 1.29 is 0 Å². The Kier molecular flexibility index (Phi) is 3.74. The summed E-state index contributed by atoms with van der Waals surface area (Å²) in [4.78, 5) is 1.39. The SMILES string of the molecule is Cc1cnn(CCNC(C)c2cccs2)c1. The van der Waals surface area contributed by atoms with E-state index in [9.17, 15) is 0 Å². The third kappa shape index (κ3) is 2.93. The molecule has 4 heteroatoms. The Hall–Kier alpha value is -1.13. The lowest BCUT2D eigenvalue weighted by molar-refractivity contribution is 0.511. The van der Waals surface area contributed by atoms with Crippen molar-refractivity contribution in [1.29, 1.82) is 0 Å². The molecule has 2 rings (SSSR count). The van der Waals surface area contributed by atoms with E-state index in [1.54, 1.807) is 11.3 Å². The zero-order valence-corrected chi connectivity index (χ0v) is 10.5. The second kappa shape index (κ2) is 5.27. The van der Waals surface area contributed by atoms with Crippen molar-refractivity contribution in [2.45, 2.75) is 26.4 Å². The van der Waals surface area contributed by atoms with Crippen LogP contribution in [0.5, 0.6) is 0 Å². The van der Waals surface area contributed by atoms with Gasteiger partial charge in [-0.15, -0.1) is 11.3 Å². The highest BCUT2D eigenvalue weighted by Crippen LogP contribution is 2.17. The van der Waals surface area contributed by atoms with Gasteiger partial charge in [0.05, 0.1) is 12.7 Å². The quantitative estimate of drug-likeness (QED) is 0.863.